The van der Waals surface area contributed by atoms with Crippen LogP contribution in [0.5, 0.6) is 0 Å². The lowest BCUT2D eigenvalue weighted by Gasteiger charge is -2.17. The van der Waals surface area contributed by atoms with Crippen molar-refractivity contribution >= 4 is 115 Å². The highest BCUT2D eigenvalue weighted by Gasteiger charge is 2.51. The number of aryl methyl sites for hydroxylation is 4. The number of aliphatic hydroxyl groups is 12. The van der Waals surface area contributed by atoms with Gasteiger partial charge in [0.2, 0.25) is 0 Å². The van der Waals surface area contributed by atoms with E-state index in [1.807, 2.05) is 24.3 Å². The van der Waals surface area contributed by atoms with E-state index in [1.54, 1.807) is 72.7 Å². The Bertz CT molecular complexity index is 7350. The van der Waals surface area contributed by atoms with Gasteiger partial charge in [-0.05, 0) is 148 Å². The van der Waals surface area contributed by atoms with Crippen LogP contribution in [0.15, 0.2) is 93.4 Å². The second-order valence-corrected chi connectivity index (χ2v) is 39.4. The van der Waals surface area contributed by atoms with Crippen LogP contribution >= 0.6 is 47.0 Å². The topological polar surface area (TPSA) is 554 Å². The lowest BCUT2D eigenvalue weighted by Crippen LogP contribution is -2.33. The molecular weight excluding hydrogens is 1950 g/mol. The molecule has 8 aliphatic rings. The van der Waals surface area contributed by atoms with Crippen molar-refractivity contribution in [2.45, 2.75) is 298 Å². The Morgan fingerprint density at radius 3 is 0.861 bits per heavy atom. The summed E-state index contributed by atoms with van der Waals surface area (Å²) < 4.78 is 224. The first-order valence-electron chi connectivity index (χ1n) is 56.0. The lowest BCUT2D eigenvalue weighted by atomic mass is 10.1. The lowest BCUT2D eigenvalue weighted by molar-refractivity contribution is -0.0629. The average Bonchev–Trinajstić information content (AvgIpc) is 1.53. The second-order valence-electron chi connectivity index (χ2n) is 36.0. The molecule has 0 aliphatic heterocycles. The molecule has 0 amide bonds. The maximum absolute atomic E-state index is 14.2. The summed E-state index contributed by atoms with van der Waals surface area (Å²) in [7, 11) is 0. The molecule has 0 bridgehead atoms. The van der Waals surface area contributed by atoms with Crippen molar-refractivity contribution in [3.05, 3.63) is 141 Å². The summed E-state index contributed by atoms with van der Waals surface area (Å²) in [5.74, 6) is 0.0999. The van der Waals surface area contributed by atoms with E-state index in [-0.39, 0.29) is 206 Å². The standard InChI is InChI=1S/4C24H31FN6O4S/c4*1-3-8-36-24-27-22(26-16-10-14(16)13-5-4-12(2)15(25)9-13)19-23(28-24)31(30-29-19)17-11-18(35-7-6-32)21(34)20(17)33/h4*4-5,9,14,16-18,20-21,32-34H,3,6-8,10-11H2,1-2H3,(H,26,27,28)/t4*14-,16+,17+,18-,20-,21+/m0000/s1/i6D2,7D2,8D2;7D2,8D2;6D2,8D2;3D2,8D2. The first-order chi connectivity index (χ1) is 75.9. The number of anilines is 4. The highest BCUT2D eigenvalue weighted by Crippen LogP contribution is 2.50. The maximum atomic E-state index is 14.2. The average molecular weight is 2090 g/mol. The fourth-order valence-electron chi connectivity index (χ4n) is 18.2. The van der Waals surface area contributed by atoms with Gasteiger partial charge in [0.1, 0.15) is 72.1 Å². The molecule has 0 saturated heterocycles. The zero-order valence-corrected chi connectivity index (χ0v) is 82.2. The quantitative estimate of drug-likeness (QED) is 0.00969. The molecule has 8 heterocycles. The summed E-state index contributed by atoms with van der Waals surface area (Å²) in [6.45, 7) is -0.467. The number of rotatable bonds is 40. The molecule has 144 heavy (non-hydrogen) atoms. The van der Waals surface area contributed by atoms with E-state index < -0.39 is 166 Å². The van der Waals surface area contributed by atoms with Gasteiger partial charge in [-0.15, -0.1) is 20.4 Å². The number of aromatic nitrogens is 20. The summed E-state index contributed by atoms with van der Waals surface area (Å²) >= 11 is 2.96. The second kappa shape index (κ2) is 47.3. The summed E-state index contributed by atoms with van der Waals surface area (Å²) in [4.78, 5) is 35.9. The molecule has 8 aliphatic carbocycles. The summed E-state index contributed by atoms with van der Waals surface area (Å²) in [6, 6.07) is 16.5. The first-order valence-corrected chi connectivity index (χ1v) is 50.2. The molecular formula is C96H124F4N24O16S4. The molecule has 24 atom stereocenters. The summed E-state index contributed by atoms with van der Waals surface area (Å²) in [5, 5.41) is 169. The fourth-order valence-corrected chi connectivity index (χ4v) is 20.3. The van der Waals surface area contributed by atoms with Gasteiger partial charge in [0.25, 0.3) is 0 Å². The highest BCUT2D eigenvalue weighted by molar-refractivity contribution is 7.99. The van der Waals surface area contributed by atoms with Crippen LogP contribution < -0.4 is 21.3 Å². The molecule has 0 unspecified atom stereocenters. The zero-order valence-electron chi connectivity index (χ0n) is 97.0. The predicted molar refractivity (Wildman–Crippen MR) is 530 cm³/mol. The van der Waals surface area contributed by atoms with Crippen molar-refractivity contribution in [1.82, 2.24) is 99.8 Å². The van der Waals surface area contributed by atoms with E-state index in [9.17, 15) is 73.7 Å². The van der Waals surface area contributed by atoms with Crippen LogP contribution in [0.2, 0.25) is 0 Å². The minimum Gasteiger partial charge on any atom is -0.394 e. The van der Waals surface area contributed by atoms with Gasteiger partial charge in [0, 0.05) is 110 Å². The summed E-state index contributed by atoms with van der Waals surface area (Å²) in [6.07, 6.45) is -14.5. The third-order valence-electron chi connectivity index (χ3n) is 26.3. The Labute approximate surface area is 869 Å². The molecule has 0 spiro atoms. The van der Waals surface area contributed by atoms with E-state index in [4.69, 9.17) is 48.7 Å². The Kier molecular flexibility index (Phi) is 27.7. The predicted octanol–water partition coefficient (Wildman–Crippen LogP) is 8.73. The van der Waals surface area contributed by atoms with Gasteiger partial charge in [-0.1, -0.05) is 144 Å². The molecule has 12 aromatic rings. The van der Waals surface area contributed by atoms with Gasteiger partial charge < -0.3 is 101 Å². The smallest absolute Gasteiger partial charge is 0.191 e. The molecule has 8 aromatic heterocycles. The summed E-state index contributed by atoms with van der Waals surface area (Å²) in [5.41, 5.74) is -0.182. The highest BCUT2D eigenvalue weighted by atomic mass is 32.2. The van der Waals surface area contributed by atoms with Crippen LogP contribution in [-0.4, -0.2) is 334 Å². The molecule has 776 valence electrons. The zero-order chi connectivity index (χ0) is 118. The van der Waals surface area contributed by atoms with Crippen molar-refractivity contribution in [3.63, 3.8) is 0 Å². The SMILES string of the molecule is [2H]C([2H])(C)C([2H])([2H])Sc1nc(N[C@@H]2C[C@H]2c2ccc(C)c(F)c2)c2nnn([C@@H]3C[C@H](OCCO)[C@@H](O)[C@H]3O)c2n1.[2H]C([2H])(CC)Sc1nc(N[C@@H]2C[C@H]2c2ccc(C)c(F)c2)c2nnn([C@@H]3C[C@H](OC([2H])([2H])C([2H])([2H])O)[C@@H](O)[C@H]3O)c2n1.[2H]C([2H])(CO)O[C@H]1C[C@@H](n2nnc3c(N[C@@H]4C[C@H]4c4ccc(C)c(F)c4)nc(SC([2H])([2H])CC)nc32)[C@H](O)[C@@H]1O.[2H]C([2H])(O)CO[C@H]1C[C@@H](n2nnc3c(N[C@@H]4C[C@H]4c4ccc(C)c(F)c4)nc(SC([2H])([2H])CC)nc32)[C@H](O)[C@@H]1O. The minimum atomic E-state index is -3.38. The molecule has 40 nitrogen and oxygen atoms in total. The van der Waals surface area contributed by atoms with Crippen LogP contribution in [0, 0.1) is 51.0 Å². The number of fused-ring (bicyclic) bond motifs is 4. The van der Waals surface area contributed by atoms with Gasteiger partial charge in [-0.2, -0.15) is 0 Å². The number of halogens is 4. The van der Waals surface area contributed by atoms with Crippen LogP contribution in [0.25, 0.3) is 44.7 Å². The van der Waals surface area contributed by atoms with E-state index in [1.165, 1.54) is 43.0 Å². The van der Waals surface area contributed by atoms with Crippen LogP contribution in [0.4, 0.5) is 40.8 Å². The third-order valence-corrected chi connectivity index (χ3v) is 29.4. The number of ether oxygens (including phenoxy) is 4. The number of nitrogens with zero attached hydrogens (tertiary/aromatic N) is 20. The van der Waals surface area contributed by atoms with Crippen molar-refractivity contribution in [2.75, 3.05) is 96.8 Å². The molecule has 4 aromatic carbocycles. The number of thioether (sulfide) groups is 4. The number of hydrogen-bond donors (Lipinski definition) is 16. The molecule has 16 N–H and O–H groups in total. The molecule has 0 radical (unpaired) electrons. The number of nitrogens with one attached hydrogen (secondary N) is 4. The Morgan fingerprint density at radius 1 is 0.340 bits per heavy atom. The van der Waals surface area contributed by atoms with E-state index in [0.29, 0.717) is 58.5 Å². The Balaban J connectivity index is 0.000000145. The molecule has 48 heteroatoms. The van der Waals surface area contributed by atoms with E-state index in [2.05, 4.69) is 102 Å². The third kappa shape index (κ3) is 23.8. The van der Waals surface area contributed by atoms with Crippen LogP contribution in [0.1, 0.15) is 222 Å². The van der Waals surface area contributed by atoms with Crippen LogP contribution in [-0.2, 0) is 18.9 Å². The van der Waals surface area contributed by atoms with Crippen molar-refractivity contribution in [1.29, 1.82) is 0 Å². The van der Waals surface area contributed by atoms with Crippen molar-refractivity contribution in [2.24, 2.45) is 0 Å². The first kappa shape index (κ1) is 84.4. The Hall–Kier alpha value is -9.52. The fraction of sp³-hybridized carbons (Fsp3) is 0.583. The molecule has 20 rings (SSSR count). The maximum Gasteiger partial charge on any atom is 0.191 e. The van der Waals surface area contributed by atoms with Gasteiger partial charge >= 0.3 is 0 Å². The van der Waals surface area contributed by atoms with Crippen LogP contribution in [0.3, 0.4) is 0 Å². The number of benzene rings is 4. The van der Waals surface area contributed by atoms with Gasteiger partial charge in [0.05, 0.1) is 112 Å². The van der Waals surface area contributed by atoms with Gasteiger partial charge in [-0.25, -0.2) is 76.2 Å². The van der Waals surface area contributed by atoms with Gasteiger partial charge in [-0.3, -0.25) is 0 Å². The van der Waals surface area contributed by atoms with Crippen molar-refractivity contribution < 1.29 is 122 Å². The largest absolute Gasteiger partial charge is 0.394 e. The molecule has 8 fully saturated rings. The molecule has 8 saturated carbocycles. The van der Waals surface area contributed by atoms with E-state index in [0.717, 1.165) is 77.3 Å². The normalized spacial score (nSPS) is 30.4. The van der Waals surface area contributed by atoms with E-state index >= 15 is 0 Å². The number of hydrogen-bond acceptors (Lipinski definition) is 40. The van der Waals surface area contributed by atoms with Gasteiger partial charge in [0.15, 0.2) is 88.6 Å². The number of aliphatic hydroxyl groups excluding tert-OH is 10. The minimum absolute atomic E-state index is 0.00535. The Morgan fingerprint density at radius 2 is 0.611 bits per heavy atom. The van der Waals surface area contributed by atoms with Crippen molar-refractivity contribution in [3.8, 4) is 0 Å². The monoisotopic (exact) mass is 2090 g/mol.